The van der Waals surface area contributed by atoms with Crippen molar-refractivity contribution in [2.45, 2.75) is 18.9 Å². The van der Waals surface area contributed by atoms with Gasteiger partial charge in [-0.1, -0.05) is 24.3 Å². The normalized spacial score (nSPS) is 22.6. The lowest BCUT2D eigenvalue weighted by molar-refractivity contribution is 0.0633. The summed E-state index contributed by atoms with van der Waals surface area (Å²) in [6.07, 6.45) is 1.50. The largest absolute Gasteiger partial charge is 0.497 e. The Balaban J connectivity index is 1.74. The van der Waals surface area contributed by atoms with E-state index in [1.165, 1.54) is 11.1 Å². The highest BCUT2D eigenvalue weighted by atomic mass is 16.5. The highest BCUT2D eigenvalue weighted by molar-refractivity contribution is 6.02. The van der Waals surface area contributed by atoms with Crippen LogP contribution >= 0.6 is 0 Å². The molecule has 3 heteroatoms. The first-order valence-corrected chi connectivity index (χ1v) is 7.22. The maximum Gasteiger partial charge on any atom is 0.173 e. The quantitative estimate of drug-likeness (QED) is 0.805. The van der Waals surface area contributed by atoms with Crippen LogP contribution in [0.15, 0.2) is 42.5 Å². The predicted octanol–water partition coefficient (Wildman–Crippen LogP) is 3.05. The summed E-state index contributed by atoms with van der Waals surface area (Å²) < 4.78 is 11.3. The van der Waals surface area contributed by atoms with E-state index in [1.807, 2.05) is 30.3 Å². The smallest absolute Gasteiger partial charge is 0.173 e. The van der Waals surface area contributed by atoms with Gasteiger partial charge >= 0.3 is 0 Å². The van der Waals surface area contributed by atoms with Crippen LogP contribution in [0.25, 0.3) is 0 Å². The molecule has 1 aliphatic heterocycles. The highest BCUT2D eigenvalue weighted by Gasteiger charge is 2.40. The molecule has 1 aliphatic carbocycles. The summed E-state index contributed by atoms with van der Waals surface area (Å²) in [5, 5.41) is 0. The first kappa shape index (κ1) is 12.5. The number of fused-ring (bicyclic) bond motifs is 3. The van der Waals surface area contributed by atoms with Gasteiger partial charge in [-0.2, -0.15) is 0 Å². The van der Waals surface area contributed by atoms with Crippen LogP contribution in [0.5, 0.6) is 11.5 Å². The number of carbonyl (C=O) groups excluding carboxylic acids is 1. The van der Waals surface area contributed by atoms with Crippen LogP contribution in [-0.4, -0.2) is 19.0 Å². The molecule has 3 nitrogen and oxygen atoms in total. The van der Waals surface area contributed by atoms with Crippen LogP contribution in [0.4, 0.5) is 0 Å². The van der Waals surface area contributed by atoms with Gasteiger partial charge in [0.2, 0.25) is 0 Å². The fourth-order valence-electron chi connectivity index (χ4n) is 3.36. The van der Waals surface area contributed by atoms with Gasteiger partial charge in [-0.25, -0.2) is 0 Å². The molecule has 106 valence electrons. The van der Waals surface area contributed by atoms with E-state index >= 15 is 0 Å². The predicted molar refractivity (Wildman–Crippen MR) is 79.1 cm³/mol. The Morgan fingerprint density at radius 3 is 2.62 bits per heavy atom. The molecule has 0 spiro atoms. The molecule has 0 saturated heterocycles. The minimum Gasteiger partial charge on any atom is -0.497 e. The third kappa shape index (κ3) is 1.92. The monoisotopic (exact) mass is 280 g/mol. The van der Waals surface area contributed by atoms with E-state index in [1.54, 1.807) is 7.11 Å². The van der Waals surface area contributed by atoms with Crippen LogP contribution in [0.3, 0.4) is 0 Å². The third-order valence-electron chi connectivity index (χ3n) is 4.50. The second kappa shape index (κ2) is 4.62. The molecule has 0 unspecified atom stereocenters. The Labute approximate surface area is 123 Å². The highest BCUT2D eigenvalue weighted by Crippen LogP contribution is 2.39. The molecule has 0 amide bonds. The second-order valence-electron chi connectivity index (χ2n) is 5.67. The molecule has 1 heterocycles. The van der Waals surface area contributed by atoms with Crippen LogP contribution in [0, 0.1) is 5.92 Å². The molecule has 21 heavy (non-hydrogen) atoms. The van der Waals surface area contributed by atoms with Crippen molar-refractivity contribution in [2.75, 3.05) is 7.11 Å². The number of methoxy groups -OCH3 is 1. The third-order valence-corrected chi connectivity index (χ3v) is 4.50. The molecule has 0 fully saturated rings. The molecule has 0 radical (unpaired) electrons. The van der Waals surface area contributed by atoms with Crippen molar-refractivity contribution >= 4 is 5.78 Å². The molecule has 2 aliphatic rings. The topological polar surface area (TPSA) is 35.5 Å². The summed E-state index contributed by atoms with van der Waals surface area (Å²) in [5.41, 5.74) is 3.24. The lowest BCUT2D eigenvalue weighted by atomic mass is 9.76. The molecule has 0 aromatic heterocycles. The van der Waals surface area contributed by atoms with Crippen molar-refractivity contribution in [1.29, 1.82) is 0 Å². The maximum absolute atomic E-state index is 12.7. The molecule has 0 saturated carbocycles. The van der Waals surface area contributed by atoms with Gasteiger partial charge in [-0.15, -0.1) is 0 Å². The number of rotatable bonds is 1. The van der Waals surface area contributed by atoms with E-state index in [-0.39, 0.29) is 17.8 Å². The summed E-state index contributed by atoms with van der Waals surface area (Å²) in [6, 6.07) is 13.8. The van der Waals surface area contributed by atoms with E-state index in [0.717, 1.165) is 18.6 Å². The van der Waals surface area contributed by atoms with E-state index in [2.05, 4.69) is 12.1 Å². The molecule has 2 aromatic carbocycles. The molecular weight excluding hydrogens is 264 g/mol. The van der Waals surface area contributed by atoms with E-state index in [4.69, 9.17) is 9.47 Å². The zero-order valence-corrected chi connectivity index (χ0v) is 11.8. The van der Waals surface area contributed by atoms with Crippen LogP contribution in [0.1, 0.15) is 21.5 Å². The number of Topliss-reactive ketones (excluding diaryl/α,β-unsaturated/α-hetero) is 1. The minimum absolute atomic E-state index is 0.0630. The Bertz CT molecular complexity index is 720. The van der Waals surface area contributed by atoms with Gasteiger partial charge in [0.1, 0.15) is 17.6 Å². The van der Waals surface area contributed by atoms with Crippen molar-refractivity contribution < 1.29 is 14.3 Å². The van der Waals surface area contributed by atoms with Gasteiger partial charge in [0.25, 0.3) is 0 Å². The standard InChI is InChI=1S/C18H16O3/c1-20-13-6-7-14-17(10-13)21-16-9-12-5-3-2-4-11(12)8-15(16)18(14)19/h2-7,10,15-16H,8-9H2,1H3/t15-,16+/m0/s1. The van der Waals surface area contributed by atoms with Crippen molar-refractivity contribution in [3.05, 3.63) is 59.2 Å². The van der Waals surface area contributed by atoms with E-state index < -0.39 is 0 Å². The fraction of sp³-hybridized carbons (Fsp3) is 0.278. The first-order valence-electron chi connectivity index (χ1n) is 7.22. The van der Waals surface area contributed by atoms with E-state index in [9.17, 15) is 4.79 Å². The van der Waals surface area contributed by atoms with Crippen molar-refractivity contribution in [3.8, 4) is 11.5 Å². The second-order valence-corrected chi connectivity index (χ2v) is 5.67. The van der Waals surface area contributed by atoms with Crippen LogP contribution in [-0.2, 0) is 12.8 Å². The fourth-order valence-corrected chi connectivity index (χ4v) is 3.36. The van der Waals surface area contributed by atoms with Gasteiger partial charge in [-0.3, -0.25) is 4.79 Å². The average Bonchev–Trinajstić information content (AvgIpc) is 2.53. The van der Waals surface area contributed by atoms with Gasteiger partial charge in [0.15, 0.2) is 5.78 Å². The van der Waals surface area contributed by atoms with Crippen molar-refractivity contribution in [1.82, 2.24) is 0 Å². The van der Waals surface area contributed by atoms with Crippen molar-refractivity contribution in [3.63, 3.8) is 0 Å². The number of ether oxygens (including phenoxy) is 2. The van der Waals surface area contributed by atoms with Gasteiger partial charge in [0, 0.05) is 12.5 Å². The molecular formula is C18H16O3. The molecule has 2 atom stereocenters. The first-order chi connectivity index (χ1) is 10.3. The Morgan fingerprint density at radius 2 is 1.86 bits per heavy atom. The lowest BCUT2D eigenvalue weighted by Crippen LogP contribution is -2.43. The van der Waals surface area contributed by atoms with Gasteiger partial charge in [-0.05, 0) is 29.7 Å². The average molecular weight is 280 g/mol. The number of benzene rings is 2. The van der Waals surface area contributed by atoms with E-state index in [0.29, 0.717) is 11.3 Å². The number of hydrogen-bond acceptors (Lipinski definition) is 3. The summed E-state index contributed by atoms with van der Waals surface area (Å²) in [4.78, 5) is 12.7. The van der Waals surface area contributed by atoms with Crippen LogP contribution < -0.4 is 9.47 Å². The van der Waals surface area contributed by atoms with Crippen molar-refractivity contribution in [2.24, 2.45) is 5.92 Å². The number of hydrogen-bond donors (Lipinski definition) is 0. The van der Waals surface area contributed by atoms with Crippen LogP contribution in [0.2, 0.25) is 0 Å². The number of carbonyl (C=O) groups is 1. The number of ketones is 1. The summed E-state index contributed by atoms with van der Waals surface area (Å²) in [6.45, 7) is 0. The Morgan fingerprint density at radius 1 is 1.10 bits per heavy atom. The molecule has 0 bridgehead atoms. The Hall–Kier alpha value is -2.29. The SMILES string of the molecule is COc1ccc2c(c1)O[C@@H]1Cc3ccccc3C[C@@H]1C2=O. The molecule has 0 N–H and O–H groups in total. The summed E-state index contributed by atoms with van der Waals surface area (Å²) in [5.74, 6) is 1.50. The maximum atomic E-state index is 12.7. The van der Waals surface area contributed by atoms with Gasteiger partial charge in [0.05, 0.1) is 18.6 Å². The van der Waals surface area contributed by atoms with Gasteiger partial charge < -0.3 is 9.47 Å². The molecule has 2 aromatic rings. The minimum atomic E-state index is -0.0687. The zero-order chi connectivity index (χ0) is 14.4. The zero-order valence-electron chi connectivity index (χ0n) is 11.8. The Kier molecular flexibility index (Phi) is 2.74. The lowest BCUT2D eigenvalue weighted by Gasteiger charge is -2.36. The summed E-state index contributed by atoms with van der Waals surface area (Å²) >= 11 is 0. The summed E-state index contributed by atoms with van der Waals surface area (Å²) in [7, 11) is 1.62. The molecule has 4 rings (SSSR count).